The molecule has 106 valence electrons. The lowest BCUT2D eigenvalue weighted by molar-refractivity contribution is 0.198. The fourth-order valence-corrected chi connectivity index (χ4v) is 3.45. The van der Waals surface area contributed by atoms with E-state index in [9.17, 15) is 0 Å². The Morgan fingerprint density at radius 1 is 1.20 bits per heavy atom. The summed E-state index contributed by atoms with van der Waals surface area (Å²) in [5.41, 5.74) is 1.16. The highest BCUT2D eigenvalue weighted by Crippen LogP contribution is 2.25. The van der Waals surface area contributed by atoms with Crippen LogP contribution < -0.4 is 4.90 Å². The minimum atomic E-state index is 0.401. The van der Waals surface area contributed by atoms with Crippen molar-refractivity contribution in [2.24, 2.45) is 0 Å². The summed E-state index contributed by atoms with van der Waals surface area (Å²) in [5, 5.41) is 3.80. The predicted molar refractivity (Wildman–Crippen MR) is 83.6 cm³/mol. The number of rotatable bonds is 3. The van der Waals surface area contributed by atoms with E-state index < -0.39 is 0 Å². The molecule has 3 rings (SSSR count). The quantitative estimate of drug-likeness (QED) is 0.816. The number of hydrogen-bond acceptors (Lipinski definition) is 5. The van der Waals surface area contributed by atoms with Crippen molar-refractivity contribution < 1.29 is 0 Å². The van der Waals surface area contributed by atoms with E-state index in [1.807, 2.05) is 23.7 Å². The van der Waals surface area contributed by atoms with Gasteiger partial charge in [0, 0.05) is 49.6 Å². The Hall–Kier alpha value is -1.17. The Bertz CT molecular complexity index is 552. The second-order valence-electron chi connectivity index (χ2n) is 4.91. The van der Waals surface area contributed by atoms with Gasteiger partial charge in [0.2, 0.25) is 0 Å². The van der Waals surface area contributed by atoms with Crippen LogP contribution >= 0.6 is 22.9 Å². The van der Waals surface area contributed by atoms with E-state index in [1.165, 1.54) is 5.01 Å². The van der Waals surface area contributed by atoms with Crippen molar-refractivity contribution in [3.63, 3.8) is 0 Å². The van der Waals surface area contributed by atoms with Gasteiger partial charge in [0.1, 0.15) is 10.2 Å². The van der Waals surface area contributed by atoms with E-state index in [0.717, 1.165) is 31.9 Å². The summed E-state index contributed by atoms with van der Waals surface area (Å²) in [5.74, 6) is 0. The molecule has 1 aliphatic heterocycles. The van der Waals surface area contributed by atoms with E-state index in [4.69, 9.17) is 11.6 Å². The smallest absolute Gasteiger partial charge is 0.131 e. The summed E-state index contributed by atoms with van der Waals surface area (Å²) >= 11 is 7.69. The van der Waals surface area contributed by atoms with Gasteiger partial charge in [-0.2, -0.15) is 0 Å². The van der Waals surface area contributed by atoms with Crippen molar-refractivity contribution in [2.45, 2.75) is 13.0 Å². The Balaban J connectivity index is 1.62. The van der Waals surface area contributed by atoms with E-state index in [2.05, 4.69) is 26.7 Å². The summed E-state index contributed by atoms with van der Waals surface area (Å²) in [7, 11) is 0. The zero-order valence-corrected chi connectivity index (χ0v) is 12.9. The van der Waals surface area contributed by atoms with Crippen LogP contribution in [0.5, 0.6) is 0 Å². The molecule has 6 heteroatoms. The van der Waals surface area contributed by atoms with Crippen LogP contribution in [0.2, 0.25) is 5.15 Å². The molecule has 0 saturated carbocycles. The van der Waals surface area contributed by atoms with E-state index in [0.29, 0.717) is 11.2 Å². The zero-order valence-electron chi connectivity index (χ0n) is 11.4. The standard InChI is InChI=1S/C14H17ClN4S/c1-11(14-17-4-9-20-14)18-5-7-19(8-6-18)12-2-3-16-13(15)10-12/h2-4,9-11H,5-8H2,1H3. The first kappa shape index (κ1) is 13.8. The van der Waals surface area contributed by atoms with E-state index in [1.54, 1.807) is 17.5 Å². The van der Waals surface area contributed by atoms with Crippen LogP contribution in [0.25, 0.3) is 0 Å². The molecule has 1 aliphatic rings. The number of pyridine rings is 1. The third kappa shape index (κ3) is 2.95. The van der Waals surface area contributed by atoms with E-state index in [-0.39, 0.29) is 0 Å². The average Bonchev–Trinajstić information content (AvgIpc) is 3.01. The number of thiazole rings is 1. The van der Waals surface area contributed by atoms with Crippen molar-refractivity contribution in [3.05, 3.63) is 40.1 Å². The molecule has 3 heterocycles. The Labute approximate surface area is 128 Å². The lowest BCUT2D eigenvalue weighted by Gasteiger charge is -2.38. The molecular weight excluding hydrogens is 292 g/mol. The fraction of sp³-hybridized carbons (Fsp3) is 0.429. The normalized spacial score (nSPS) is 18.2. The van der Waals surface area contributed by atoms with Crippen LogP contribution in [0.3, 0.4) is 0 Å². The van der Waals surface area contributed by atoms with Crippen molar-refractivity contribution >= 4 is 28.6 Å². The minimum absolute atomic E-state index is 0.401. The van der Waals surface area contributed by atoms with Gasteiger partial charge in [-0.15, -0.1) is 11.3 Å². The Morgan fingerprint density at radius 2 is 2.00 bits per heavy atom. The predicted octanol–water partition coefficient (Wildman–Crippen LogP) is 3.07. The van der Waals surface area contributed by atoms with Crippen LogP contribution in [-0.2, 0) is 0 Å². The first-order chi connectivity index (χ1) is 9.74. The average molecular weight is 309 g/mol. The Morgan fingerprint density at radius 3 is 2.65 bits per heavy atom. The van der Waals surface area contributed by atoms with Gasteiger partial charge >= 0.3 is 0 Å². The maximum absolute atomic E-state index is 5.96. The van der Waals surface area contributed by atoms with E-state index >= 15 is 0 Å². The van der Waals surface area contributed by atoms with Gasteiger partial charge in [-0.05, 0) is 19.1 Å². The highest BCUT2D eigenvalue weighted by molar-refractivity contribution is 7.09. The molecule has 1 atom stereocenters. The number of aromatic nitrogens is 2. The van der Waals surface area contributed by atoms with Gasteiger partial charge in [0.25, 0.3) is 0 Å². The largest absolute Gasteiger partial charge is 0.369 e. The van der Waals surface area contributed by atoms with Gasteiger partial charge in [0.15, 0.2) is 0 Å². The van der Waals surface area contributed by atoms with Crippen LogP contribution in [-0.4, -0.2) is 41.0 Å². The molecule has 20 heavy (non-hydrogen) atoms. The number of halogens is 1. The summed E-state index contributed by atoms with van der Waals surface area (Å²) in [6.07, 6.45) is 3.65. The summed E-state index contributed by atoms with van der Waals surface area (Å²) in [6, 6.07) is 4.35. The van der Waals surface area contributed by atoms with Gasteiger partial charge in [-0.25, -0.2) is 9.97 Å². The van der Waals surface area contributed by atoms with Crippen molar-refractivity contribution in [2.75, 3.05) is 31.1 Å². The molecule has 4 nitrogen and oxygen atoms in total. The van der Waals surface area contributed by atoms with Gasteiger partial charge in [-0.1, -0.05) is 11.6 Å². The molecule has 1 fully saturated rings. The van der Waals surface area contributed by atoms with Gasteiger partial charge < -0.3 is 4.90 Å². The van der Waals surface area contributed by atoms with Crippen LogP contribution in [0.1, 0.15) is 18.0 Å². The lowest BCUT2D eigenvalue weighted by Crippen LogP contribution is -2.47. The molecular formula is C14H17ClN4S. The summed E-state index contributed by atoms with van der Waals surface area (Å²) < 4.78 is 0. The highest BCUT2D eigenvalue weighted by Gasteiger charge is 2.23. The van der Waals surface area contributed by atoms with Crippen LogP contribution in [0.4, 0.5) is 5.69 Å². The zero-order chi connectivity index (χ0) is 13.9. The second-order valence-corrected chi connectivity index (χ2v) is 6.22. The third-order valence-corrected chi connectivity index (χ3v) is 4.90. The number of anilines is 1. The molecule has 0 bridgehead atoms. The molecule has 0 N–H and O–H groups in total. The number of piperazine rings is 1. The molecule has 1 saturated heterocycles. The molecule has 0 radical (unpaired) electrons. The SMILES string of the molecule is CC(c1nccs1)N1CCN(c2ccnc(Cl)c2)CC1. The molecule has 0 spiro atoms. The number of nitrogens with zero attached hydrogens (tertiary/aromatic N) is 4. The molecule has 0 amide bonds. The monoisotopic (exact) mass is 308 g/mol. The maximum atomic E-state index is 5.96. The molecule has 0 aromatic carbocycles. The lowest BCUT2D eigenvalue weighted by atomic mass is 10.2. The number of hydrogen-bond donors (Lipinski definition) is 0. The molecule has 0 aliphatic carbocycles. The summed E-state index contributed by atoms with van der Waals surface area (Å²) in [6.45, 7) is 6.34. The van der Waals surface area contributed by atoms with Crippen molar-refractivity contribution in [3.8, 4) is 0 Å². The van der Waals surface area contributed by atoms with Crippen LogP contribution in [0.15, 0.2) is 29.9 Å². The van der Waals surface area contributed by atoms with Crippen molar-refractivity contribution in [1.82, 2.24) is 14.9 Å². The van der Waals surface area contributed by atoms with Gasteiger partial charge in [-0.3, -0.25) is 4.90 Å². The van der Waals surface area contributed by atoms with Crippen molar-refractivity contribution in [1.29, 1.82) is 0 Å². The maximum Gasteiger partial charge on any atom is 0.131 e. The highest BCUT2D eigenvalue weighted by atomic mass is 35.5. The second kappa shape index (κ2) is 6.08. The van der Waals surface area contributed by atoms with Crippen LogP contribution in [0, 0.1) is 0 Å². The third-order valence-electron chi connectivity index (χ3n) is 3.75. The molecule has 1 unspecified atom stereocenters. The summed E-state index contributed by atoms with van der Waals surface area (Å²) in [4.78, 5) is 13.3. The minimum Gasteiger partial charge on any atom is -0.369 e. The topological polar surface area (TPSA) is 32.3 Å². The Kier molecular flexibility index (Phi) is 4.19. The molecule has 2 aromatic heterocycles. The first-order valence-corrected chi connectivity index (χ1v) is 8.00. The van der Waals surface area contributed by atoms with Gasteiger partial charge in [0.05, 0.1) is 6.04 Å². The molecule has 2 aromatic rings. The fourth-order valence-electron chi connectivity index (χ4n) is 2.55. The first-order valence-electron chi connectivity index (χ1n) is 6.74.